The van der Waals surface area contributed by atoms with Crippen LogP contribution < -0.4 is 5.32 Å². The monoisotopic (exact) mass is 397 g/mol. The molecule has 0 aliphatic heterocycles. The molecule has 10 nitrogen and oxygen atoms in total. The Hall–Kier alpha value is -0.850. The summed E-state index contributed by atoms with van der Waals surface area (Å²) in [4.78, 5) is 10.2. The molecule has 27 heavy (non-hydrogen) atoms. The van der Waals surface area contributed by atoms with Gasteiger partial charge in [-0.25, -0.2) is 4.79 Å². The molecule has 0 fully saturated rings. The van der Waals surface area contributed by atoms with Crippen molar-refractivity contribution in [2.24, 2.45) is 0 Å². The van der Waals surface area contributed by atoms with Crippen LogP contribution >= 0.6 is 0 Å². The first-order valence-corrected chi connectivity index (χ1v) is 9.18. The highest BCUT2D eigenvalue weighted by Crippen LogP contribution is 1.85. The van der Waals surface area contributed by atoms with Gasteiger partial charge < -0.3 is 43.6 Å². The average molecular weight is 397 g/mol. The SMILES string of the molecule is CNCCOCCOCCOCCOCCOCCOCCOCC(=O)O. The molecule has 0 saturated heterocycles. The maximum Gasteiger partial charge on any atom is 0.329 e. The van der Waals surface area contributed by atoms with Gasteiger partial charge in [-0.1, -0.05) is 0 Å². The molecular weight excluding hydrogens is 362 g/mol. The third-order valence-corrected chi connectivity index (χ3v) is 2.95. The lowest BCUT2D eigenvalue weighted by Gasteiger charge is -2.08. The molecular formula is C17H35NO9. The number of ether oxygens (including phenoxy) is 7. The molecule has 0 aliphatic rings. The molecule has 0 aromatic rings. The molecule has 0 bridgehead atoms. The zero-order valence-electron chi connectivity index (χ0n) is 16.3. The molecule has 10 heteroatoms. The van der Waals surface area contributed by atoms with Crippen molar-refractivity contribution in [3.05, 3.63) is 0 Å². The highest BCUT2D eigenvalue weighted by molar-refractivity contribution is 5.67. The number of carbonyl (C=O) groups is 1. The predicted octanol–water partition coefficient (Wildman–Crippen LogP) is -0.593. The van der Waals surface area contributed by atoms with Gasteiger partial charge in [0.2, 0.25) is 0 Å². The molecule has 0 radical (unpaired) electrons. The van der Waals surface area contributed by atoms with Gasteiger partial charge in [0.1, 0.15) is 6.61 Å². The van der Waals surface area contributed by atoms with Crippen LogP contribution in [0.25, 0.3) is 0 Å². The van der Waals surface area contributed by atoms with E-state index in [1.54, 1.807) is 0 Å². The van der Waals surface area contributed by atoms with Crippen LogP contribution in [0.2, 0.25) is 0 Å². The fraction of sp³-hybridized carbons (Fsp3) is 0.941. The summed E-state index contributed by atoms with van der Waals surface area (Å²) in [6.45, 7) is 6.94. The van der Waals surface area contributed by atoms with Gasteiger partial charge in [0.15, 0.2) is 0 Å². The van der Waals surface area contributed by atoms with E-state index in [9.17, 15) is 4.79 Å². The van der Waals surface area contributed by atoms with E-state index < -0.39 is 5.97 Å². The molecule has 0 atom stereocenters. The minimum atomic E-state index is -0.988. The summed E-state index contributed by atoms with van der Waals surface area (Å²) in [5.41, 5.74) is 0. The molecule has 162 valence electrons. The Morgan fingerprint density at radius 1 is 0.593 bits per heavy atom. The van der Waals surface area contributed by atoms with E-state index in [4.69, 9.17) is 38.3 Å². The van der Waals surface area contributed by atoms with Crippen molar-refractivity contribution in [2.45, 2.75) is 0 Å². The lowest BCUT2D eigenvalue weighted by atomic mass is 10.6. The number of carboxylic acid groups (broad SMARTS) is 1. The number of hydrogen-bond acceptors (Lipinski definition) is 9. The largest absolute Gasteiger partial charge is 0.480 e. The second-order valence-corrected chi connectivity index (χ2v) is 5.22. The first-order valence-electron chi connectivity index (χ1n) is 9.18. The Balaban J connectivity index is 2.98. The number of carboxylic acids is 1. The van der Waals surface area contributed by atoms with E-state index in [0.29, 0.717) is 79.3 Å². The van der Waals surface area contributed by atoms with E-state index in [0.717, 1.165) is 6.54 Å². The van der Waals surface area contributed by atoms with Gasteiger partial charge in [-0.3, -0.25) is 0 Å². The molecule has 2 N–H and O–H groups in total. The standard InChI is InChI=1S/C17H35NO9/c1-18-2-3-21-4-5-22-6-7-23-8-9-24-10-11-25-12-13-26-14-15-27-16-17(19)20/h18H,2-16H2,1H3,(H,19,20). The Bertz CT molecular complexity index is 308. The van der Waals surface area contributed by atoms with Crippen LogP contribution in [0.3, 0.4) is 0 Å². The van der Waals surface area contributed by atoms with E-state index in [1.165, 1.54) is 0 Å². The normalized spacial score (nSPS) is 11.1. The van der Waals surface area contributed by atoms with Gasteiger partial charge in [0.05, 0.1) is 85.9 Å². The van der Waals surface area contributed by atoms with Crippen molar-refractivity contribution < 1.29 is 43.1 Å². The molecule has 0 rings (SSSR count). The first-order chi connectivity index (χ1) is 13.3. The molecule has 0 unspecified atom stereocenters. The Labute approximate surface area is 161 Å². The number of hydrogen-bond donors (Lipinski definition) is 2. The van der Waals surface area contributed by atoms with Crippen molar-refractivity contribution in [3.63, 3.8) is 0 Å². The molecule has 0 amide bonds. The number of rotatable bonds is 23. The molecule has 0 spiro atoms. The predicted molar refractivity (Wildman–Crippen MR) is 97.3 cm³/mol. The van der Waals surface area contributed by atoms with Crippen LogP contribution in [-0.4, -0.2) is 117 Å². The number of likely N-dealkylation sites (N-methyl/N-ethyl adjacent to an activating group) is 1. The van der Waals surface area contributed by atoms with Crippen LogP contribution in [0.1, 0.15) is 0 Å². The second kappa shape index (κ2) is 23.2. The van der Waals surface area contributed by atoms with Crippen molar-refractivity contribution in [1.29, 1.82) is 0 Å². The minimum Gasteiger partial charge on any atom is -0.480 e. The van der Waals surface area contributed by atoms with E-state index in [1.807, 2.05) is 7.05 Å². The van der Waals surface area contributed by atoms with Crippen LogP contribution in [-0.2, 0) is 38.0 Å². The zero-order chi connectivity index (χ0) is 19.8. The van der Waals surface area contributed by atoms with Gasteiger partial charge in [-0.15, -0.1) is 0 Å². The summed E-state index contributed by atoms with van der Waals surface area (Å²) in [5.74, 6) is -0.988. The summed E-state index contributed by atoms with van der Waals surface area (Å²) < 4.78 is 36.8. The summed E-state index contributed by atoms with van der Waals surface area (Å²) >= 11 is 0. The summed E-state index contributed by atoms with van der Waals surface area (Å²) in [7, 11) is 1.89. The summed E-state index contributed by atoms with van der Waals surface area (Å²) in [6, 6.07) is 0. The first kappa shape index (κ1) is 26.1. The fourth-order valence-electron chi connectivity index (χ4n) is 1.65. The third kappa shape index (κ3) is 25.2. The Kier molecular flexibility index (Phi) is 22.5. The Morgan fingerprint density at radius 3 is 1.19 bits per heavy atom. The van der Waals surface area contributed by atoms with Crippen LogP contribution in [0, 0.1) is 0 Å². The second-order valence-electron chi connectivity index (χ2n) is 5.22. The lowest BCUT2D eigenvalue weighted by Crippen LogP contribution is -2.17. The van der Waals surface area contributed by atoms with Crippen molar-refractivity contribution >= 4 is 5.97 Å². The van der Waals surface area contributed by atoms with E-state index in [2.05, 4.69) is 5.32 Å². The molecule has 0 aromatic carbocycles. The Morgan fingerprint density at radius 2 is 0.889 bits per heavy atom. The van der Waals surface area contributed by atoms with Crippen LogP contribution in [0.15, 0.2) is 0 Å². The number of nitrogens with one attached hydrogen (secondary N) is 1. The maximum atomic E-state index is 10.2. The smallest absolute Gasteiger partial charge is 0.329 e. The van der Waals surface area contributed by atoms with E-state index in [-0.39, 0.29) is 13.2 Å². The molecule has 0 aromatic heterocycles. The van der Waals surface area contributed by atoms with Gasteiger partial charge >= 0.3 is 5.97 Å². The summed E-state index contributed by atoms with van der Waals surface area (Å²) in [5, 5.41) is 11.4. The van der Waals surface area contributed by atoms with Crippen molar-refractivity contribution in [1.82, 2.24) is 5.32 Å². The molecule has 0 heterocycles. The molecule has 0 saturated carbocycles. The van der Waals surface area contributed by atoms with Gasteiger partial charge in [-0.05, 0) is 7.05 Å². The highest BCUT2D eigenvalue weighted by atomic mass is 16.6. The molecule has 0 aliphatic carbocycles. The lowest BCUT2D eigenvalue weighted by molar-refractivity contribution is -0.142. The van der Waals surface area contributed by atoms with Crippen LogP contribution in [0.5, 0.6) is 0 Å². The highest BCUT2D eigenvalue weighted by Gasteiger charge is 1.96. The quantitative estimate of drug-likeness (QED) is 0.217. The van der Waals surface area contributed by atoms with E-state index >= 15 is 0 Å². The fourth-order valence-corrected chi connectivity index (χ4v) is 1.65. The van der Waals surface area contributed by atoms with Gasteiger partial charge in [0.25, 0.3) is 0 Å². The maximum absolute atomic E-state index is 10.2. The summed E-state index contributed by atoms with van der Waals surface area (Å²) in [6.07, 6.45) is 0. The van der Waals surface area contributed by atoms with Crippen molar-refractivity contribution in [2.75, 3.05) is 106 Å². The number of aliphatic carboxylic acids is 1. The minimum absolute atomic E-state index is 0.255. The van der Waals surface area contributed by atoms with Crippen molar-refractivity contribution in [3.8, 4) is 0 Å². The van der Waals surface area contributed by atoms with Crippen LogP contribution in [0.4, 0.5) is 0 Å². The van der Waals surface area contributed by atoms with Gasteiger partial charge in [-0.2, -0.15) is 0 Å². The zero-order valence-corrected chi connectivity index (χ0v) is 16.3. The average Bonchev–Trinajstić information content (AvgIpc) is 2.65. The topological polar surface area (TPSA) is 114 Å². The third-order valence-electron chi connectivity index (χ3n) is 2.95. The van der Waals surface area contributed by atoms with Gasteiger partial charge in [0, 0.05) is 6.54 Å².